The van der Waals surface area contributed by atoms with Crippen LogP contribution in [0.2, 0.25) is 0 Å². The van der Waals surface area contributed by atoms with Crippen molar-refractivity contribution in [3.05, 3.63) is 63.5 Å². The van der Waals surface area contributed by atoms with E-state index in [2.05, 4.69) is 10.6 Å². The Morgan fingerprint density at radius 3 is 2.50 bits per heavy atom. The molecule has 2 aromatic carbocycles. The largest absolute Gasteiger partial charge is 0.332 e. The van der Waals surface area contributed by atoms with Crippen LogP contribution in [0.4, 0.5) is 21.5 Å². The van der Waals surface area contributed by atoms with Crippen LogP contribution in [0.15, 0.2) is 36.4 Å². The quantitative estimate of drug-likeness (QED) is 0.505. The van der Waals surface area contributed by atoms with Crippen LogP contribution < -0.4 is 10.6 Å². The average Bonchev–Trinajstić information content (AvgIpc) is 2.44. The van der Waals surface area contributed by atoms with Gasteiger partial charge in [0.25, 0.3) is 5.69 Å². The summed E-state index contributed by atoms with van der Waals surface area (Å²) < 4.78 is 13.1. The Kier molecular flexibility index (Phi) is 4.67. The summed E-state index contributed by atoms with van der Waals surface area (Å²) in [5.41, 5.74) is 2.78. The smallest absolute Gasteiger partial charge is 0.295 e. The summed E-state index contributed by atoms with van der Waals surface area (Å²) in [5.74, 6) is -0.676. The summed E-state index contributed by atoms with van der Waals surface area (Å²) >= 11 is 5.13. The number of rotatable bonds is 3. The van der Waals surface area contributed by atoms with Gasteiger partial charge in [-0.05, 0) is 61.5 Å². The van der Waals surface area contributed by atoms with Crippen LogP contribution in [0.5, 0.6) is 0 Å². The highest BCUT2D eigenvalue weighted by atomic mass is 32.1. The second kappa shape index (κ2) is 6.48. The van der Waals surface area contributed by atoms with Gasteiger partial charge in [0, 0.05) is 5.69 Å². The minimum Gasteiger partial charge on any atom is -0.332 e. The molecule has 5 nitrogen and oxygen atoms in total. The number of nitro benzene ring substituents is 1. The maximum Gasteiger partial charge on any atom is 0.295 e. The molecule has 2 aromatic rings. The van der Waals surface area contributed by atoms with Crippen molar-refractivity contribution >= 4 is 34.4 Å². The van der Waals surface area contributed by atoms with Gasteiger partial charge < -0.3 is 10.6 Å². The Morgan fingerprint density at radius 1 is 1.14 bits per heavy atom. The van der Waals surface area contributed by atoms with E-state index in [4.69, 9.17) is 12.2 Å². The molecule has 0 aromatic heterocycles. The number of anilines is 2. The number of halogens is 1. The molecule has 2 N–H and O–H groups in total. The molecule has 114 valence electrons. The fraction of sp³-hybridized carbons (Fsp3) is 0.133. The van der Waals surface area contributed by atoms with Crippen LogP contribution in [0.25, 0.3) is 0 Å². The van der Waals surface area contributed by atoms with E-state index in [-0.39, 0.29) is 16.5 Å². The SMILES string of the molecule is Cc1ccc(NC(=S)Nc2ccc(F)cc2[N+](=O)[O-])cc1C. The minimum absolute atomic E-state index is 0.132. The molecule has 0 amide bonds. The molecule has 0 aliphatic heterocycles. The highest BCUT2D eigenvalue weighted by Crippen LogP contribution is 2.25. The van der Waals surface area contributed by atoms with Crippen LogP contribution >= 0.6 is 12.2 Å². The molecule has 0 spiro atoms. The van der Waals surface area contributed by atoms with Crippen LogP contribution in [0, 0.1) is 29.8 Å². The Hall–Kier alpha value is -2.54. The predicted octanol–water partition coefficient (Wildman–Crippen LogP) is 4.16. The molecule has 7 heteroatoms. The number of benzene rings is 2. The average molecular weight is 319 g/mol. The standard InChI is InChI=1S/C15H14FN3O2S/c1-9-3-5-12(7-10(9)2)17-15(22)18-13-6-4-11(16)8-14(13)19(20)21/h3-8H,1-2H3,(H2,17,18,22). The third kappa shape index (κ3) is 3.76. The van der Waals surface area contributed by atoms with E-state index in [0.29, 0.717) is 0 Å². The van der Waals surface area contributed by atoms with Gasteiger partial charge in [0.15, 0.2) is 5.11 Å². The second-order valence-electron chi connectivity index (χ2n) is 4.80. The van der Waals surface area contributed by atoms with Gasteiger partial charge in [0.1, 0.15) is 11.5 Å². The topological polar surface area (TPSA) is 67.2 Å². The summed E-state index contributed by atoms with van der Waals surface area (Å²) in [6.07, 6.45) is 0. The number of nitro groups is 1. The molecule has 0 aliphatic carbocycles. The molecule has 0 heterocycles. The number of nitrogens with zero attached hydrogens (tertiary/aromatic N) is 1. The maximum absolute atomic E-state index is 13.1. The molecule has 0 fully saturated rings. The van der Waals surface area contributed by atoms with Crippen molar-refractivity contribution in [3.8, 4) is 0 Å². The Balaban J connectivity index is 2.15. The van der Waals surface area contributed by atoms with E-state index in [9.17, 15) is 14.5 Å². The lowest BCUT2D eigenvalue weighted by molar-refractivity contribution is -0.384. The normalized spacial score (nSPS) is 10.1. The van der Waals surface area contributed by atoms with Crippen LogP contribution in [-0.2, 0) is 0 Å². The molecular weight excluding hydrogens is 305 g/mol. The van der Waals surface area contributed by atoms with Crippen molar-refractivity contribution in [1.29, 1.82) is 0 Å². The number of aryl methyl sites for hydroxylation is 2. The van der Waals surface area contributed by atoms with E-state index in [1.54, 1.807) is 0 Å². The molecule has 0 saturated heterocycles. The molecule has 0 saturated carbocycles. The van der Waals surface area contributed by atoms with Gasteiger partial charge in [-0.1, -0.05) is 6.07 Å². The molecular formula is C15H14FN3O2S. The third-order valence-corrected chi connectivity index (χ3v) is 3.37. The first-order valence-electron chi connectivity index (χ1n) is 6.46. The first-order chi connectivity index (χ1) is 10.4. The highest BCUT2D eigenvalue weighted by Gasteiger charge is 2.15. The summed E-state index contributed by atoms with van der Waals surface area (Å²) in [5, 5.41) is 16.8. The fourth-order valence-corrected chi connectivity index (χ4v) is 2.09. The first kappa shape index (κ1) is 15.8. The van der Waals surface area contributed by atoms with Crippen molar-refractivity contribution in [2.24, 2.45) is 0 Å². The van der Waals surface area contributed by atoms with E-state index in [1.165, 1.54) is 6.07 Å². The van der Waals surface area contributed by atoms with Crippen molar-refractivity contribution in [3.63, 3.8) is 0 Å². The number of hydrogen-bond acceptors (Lipinski definition) is 3. The molecule has 0 atom stereocenters. The highest BCUT2D eigenvalue weighted by molar-refractivity contribution is 7.80. The lowest BCUT2D eigenvalue weighted by Crippen LogP contribution is -2.19. The zero-order chi connectivity index (χ0) is 16.3. The van der Waals surface area contributed by atoms with E-state index >= 15 is 0 Å². The van der Waals surface area contributed by atoms with E-state index < -0.39 is 10.7 Å². The number of hydrogen-bond donors (Lipinski definition) is 2. The third-order valence-electron chi connectivity index (χ3n) is 3.17. The lowest BCUT2D eigenvalue weighted by atomic mass is 10.1. The van der Waals surface area contributed by atoms with Crippen molar-refractivity contribution in [1.82, 2.24) is 0 Å². The summed E-state index contributed by atoms with van der Waals surface area (Å²) in [6, 6.07) is 8.98. The minimum atomic E-state index is -0.676. The monoisotopic (exact) mass is 319 g/mol. The van der Waals surface area contributed by atoms with Gasteiger partial charge in [0.05, 0.1) is 11.0 Å². The summed E-state index contributed by atoms with van der Waals surface area (Å²) in [7, 11) is 0. The second-order valence-corrected chi connectivity index (χ2v) is 5.20. The van der Waals surface area contributed by atoms with Gasteiger partial charge in [-0.15, -0.1) is 0 Å². The van der Waals surface area contributed by atoms with Gasteiger partial charge in [-0.2, -0.15) is 0 Å². The zero-order valence-electron chi connectivity index (χ0n) is 12.0. The Bertz CT molecular complexity index is 750. The van der Waals surface area contributed by atoms with E-state index in [1.807, 2.05) is 32.0 Å². The van der Waals surface area contributed by atoms with Gasteiger partial charge >= 0.3 is 0 Å². The summed E-state index contributed by atoms with van der Waals surface area (Å²) in [4.78, 5) is 10.3. The van der Waals surface area contributed by atoms with E-state index in [0.717, 1.165) is 28.9 Å². The predicted molar refractivity (Wildman–Crippen MR) is 88.8 cm³/mol. The number of nitrogens with one attached hydrogen (secondary N) is 2. The Labute approximate surface area is 132 Å². The molecule has 0 unspecified atom stereocenters. The molecule has 0 bridgehead atoms. The molecule has 0 aliphatic rings. The van der Waals surface area contributed by atoms with Gasteiger partial charge in [-0.25, -0.2) is 4.39 Å². The van der Waals surface area contributed by atoms with Crippen molar-refractivity contribution in [2.45, 2.75) is 13.8 Å². The molecule has 2 rings (SSSR count). The van der Waals surface area contributed by atoms with Crippen LogP contribution in [-0.4, -0.2) is 10.0 Å². The maximum atomic E-state index is 13.1. The van der Waals surface area contributed by atoms with Gasteiger partial charge in [0.2, 0.25) is 0 Å². The van der Waals surface area contributed by atoms with Crippen molar-refractivity contribution in [2.75, 3.05) is 10.6 Å². The van der Waals surface area contributed by atoms with Crippen LogP contribution in [0.3, 0.4) is 0 Å². The van der Waals surface area contributed by atoms with Gasteiger partial charge in [-0.3, -0.25) is 10.1 Å². The van der Waals surface area contributed by atoms with Crippen LogP contribution in [0.1, 0.15) is 11.1 Å². The Morgan fingerprint density at radius 2 is 1.86 bits per heavy atom. The summed E-state index contributed by atoms with van der Waals surface area (Å²) in [6.45, 7) is 3.97. The fourth-order valence-electron chi connectivity index (χ4n) is 1.87. The molecule has 0 radical (unpaired) electrons. The first-order valence-corrected chi connectivity index (χ1v) is 6.87. The van der Waals surface area contributed by atoms with Crippen molar-refractivity contribution < 1.29 is 9.31 Å². The number of thiocarbonyl (C=S) groups is 1. The molecule has 22 heavy (non-hydrogen) atoms. The zero-order valence-corrected chi connectivity index (χ0v) is 12.8. The lowest BCUT2D eigenvalue weighted by Gasteiger charge is -2.12.